The quantitative estimate of drug-likeness (QED) is 0.889. The number of hydrogen-bond acceptors (Lipinski definition) is 3. The van der Waals surface area contributed by atoms with Crippen LogP contribution in [-0.4, -0.2) is 37.2 Å². The molecule has 0 aromatic heterocycles. The third kappa shape index (κ3) is 2.74. The maximum Gasteiger partial charge on any atom is 0.0894 e. The van der Waals surface area contributed by atoms with Crippen LogP contribution in [0.4, 0.5) is 0 Å². The fourth-order valence-electron chi connectivity index (χ4n) is 2.57. The van der Waals surface area contributed by atoms with Crippen LogP contribution in [-0.2, 0) is 4.74 Å². The number of nitrogens with zero attached hydrogens (tertiary/aromatic N) is 1. The van der Waals surface area contributed by atoms with E-state index in [-0.39, 0.29) is 12.1 Å². The summed E-state index contributed by atoms with van der Waals surface area (Å²) in [6.07, 6.45) is 0.110. The highest BCUT2D eigenvalue weighted by Gasteiger charge is 2.27. The Morgan fingerprint density at radius 2 is 2.22 bits per heavy atom. The minimum Gasteiger partial charge on any atom is -0.374 e. The van der Waals surface area contributed by atoms with Crippen LogP contribution in [0, 0.1) is 13.8 Å². The summed E-state index contributed by atoms with van der Waals surface area (Å²) in [5.41, 5.74) is 10.2. The molecule has 0 spiro atoms. The van der Waals surface area contributed by atoms with Crippen LogP contribution in [0.5, 0.6) is 0 Å². The molecule has 100 valence electrons. The van der Waals surface area contributed by atoms with Gasteiger partial charge in [0.15, 0.2) is 0 Å². The number of benzene rings is 1. The van der Waals surface area contributed by atoms with E-state index in [1.165, 1.54) is 16.7 Å². The van der Waals surface area contributed by atoms with Gasteiger partial charge in [-0.05, 0) is 37.1 Å². The Bertz CT molecular complexity index is 405. The Labute approximate surface area is 110 Å². The molecule has 0 aliphatic carbocycles. The van der Waals surface area contributed by atoms with Crippen molar-refractivity contribution in [2.45, 2.75) is 32.9 Å². The van der Waals surface area contributed by atoms with E-state index in [2.05, 4.69) is 43.9 Å². The third-order valence-corrected chi connectivity index (χ3v) is 4.03. The fourth-order valence-corrected chi connectivity index (χ4v) is 2.57. The summed E-state index contributed by atoms with van der Waals surface area (Å²) in [5, 5.41) is 0. The zero-order valence-electron chi connectivity index (χ0n) is 11.6. The number of hydrogen-bond donors (Lipinski definition) is 1. The topological polar surface area (TPSA) is 38.5 Å². The molecule has 1 aromatic rings. The van der Waals surface area contributed by atoms with Crippen LogP contribution in [0.25, 0.3) is 0 Å². The van der Waals surface area contributed by atoms with Crippen LogP contribution < -0.4 is 5.73 Å². The molecule has 0 radical (unpaired) electrons. The zero-order chi connectivity index (χ0) is 13.1. The maximum atomic E-state index is 6.40. The number of aryl methyl sites for hydroxylation is 1. The lowest BCUT2D eigenvalue weighted by molar-refractivity contribution is -0.0393. The van der Waals surface area contributed by atoms with Crippen molar-refractivity contribution < 1.29 is 4.74 Å². The van der Waals surface area contributed by atoms with Gasteiger partial charge in [-0.2, -0.15) is 0 Å². The molecule has 18 heavy (non-hydrogen) atoms. The number of morpholine rings is 1. The minimum atomic E-state index is -0.0285. The van der Waals surface area contributed by atoms with Gasteiger partial charge in [-0.3, -0.25) is 4.90 Å². The van der Waals surface area contributed by atoms with Crippen molar-refractivity contribution in [3.63, 3.8) is 0 Å². The SMILES string of the molecule is CCN1CCOC(C(N)c2cccc(C)c2C)C1. The summed E-state index contributed by atoms with van der Waals surface area (Å²) in [6, 6.07) is 6.31. The Morgan fingerprint density at radius 3 is 2.94 bits per heavy atom. The van der Waals surface area contributed by atoms with E-state index >= 15 is 0 Å². The van der Waals surface area contributed by atoms with Crippen molar-refractivity contribution >= 4 is 0 Å². The first-order chi connectivity index (χ1) is 8.63. The average Bonchev–Trinajstić information content (AvgIpc) is 2.41. The highest BCUT2D eigenvalue weighted by Crippen LogP contribution is 2.24. The molecule has 1 heterocycles. The third-order valence-electron chi connectivity index (χ3n) is 4.03. The summed E-state index contributed by atoms with van der Waals surface area (Å²) in [7, 11) is 0. The molecule has 0 amide bonds. The highest BCUT2D eigenvalue weighted by molar-refractivity contribution is 5.35. The number of nitrogens with two attached hydrogens (primary N) is 1. The van der Waals surface area contributed by atoms with Crippen LogP contribution in [0.15, 0.2) is 18.2 Å². The molecule has 3 nitrogen and oxygen atoms in total. The summed E-state index contributed by atoms with van der Waals surface area (Å²) in [6.45, 7) is 10.3. The molecule has 2 unspecified atom stereocenters. The van der Waals surface area contributed by atoms with Crippen LogP contribution in [0.1, 0.15) is 29.7 Å². The van der Waals surface area contributed by atoms with E-state index in [0.717, 1.165) is 26.2 Å². The second-order valence-electron chi connectivity index (χ2n) is 5.12. The Hall–Kier alpha value is -0.900. The Kier molecular flexibility index (Phi) is 4.38. The maximum absolute atomic E-state index is 6.40. The van der Waals surface area contributed by atoms with Gasteiger partial charge in [-0.25, -0.2) is 0 Å². The predicted molar refractivity (Wildman–Crippen MR) is 74.7 cm³/mol. The van der Waals surface area contributed by atoms with Gasteiger partial charge in [0.25, 0.3) is 0 Å². The first-order valence-electron chi connectivity index (χ1n) is 6.79. The van der Waals surface area contributed by atoms with Crippen molar-refractivity contribution in [1.82, 2.24) is 4.90 Å². The largest absolute Gasteiger partial charge is 0.374 e. The molecule has 2 N–H and O–H groups in total. The van der Waals surface area contributed by atoms with Gasteiger partial charge in [-0.15, -0.1) is 0 Å². The molecule has 1 fully saturated rings. The number of rotatable bonds is 3. The molecule has 1 aliphatic rings. The van der Waals surface area contributed by atoms with Crippen LogP contribution in [0.3, 0.4) is 0 Å². The van der Waals surface area contributed by atoms with Gasteiger partial charge in [0, 0.05) is 13.1 Å². The second-order valence-corrected chi connectivity index (χ2v) is 5.12. The van der Waals surface area contributed by atoms with Gasteiger partial charge in [0.2, 0.25) is 0 Å². The minimum absolute atomic E-state index is 0.0285. The van der Waals surface area contributed by atoms with E-state index in [1.54, 1.807) is 0 Å². The Balaban J connectivity index is 2.15. The van der Waals surface area contributed by atoms with Crippen molar-refractivity contribution in [1.29, 1.82) is 0 Å². The summed E-state index contributed by atoms with van der Waals surface area (Å²) in [5.74, 6) is 0. The standard InChI is InChI=1S/C15H24N2O/c1-4-17-8-9-18-14(10-17)15(16)13-7-5-6-11(2)12(13)3/h5-7,14-15H,4,8-10,16H2,1-3H3. The molecular formula is C15H24N2O. The van der Waals surface area contributed by atoms with Crippen LogP contribution in [0.2, 0.25) is 0 Å². The molecule has 1 aromatic carbocycles. The van der Waals surface area contributed by atoms with Crippen molar-refractivity contribution in [3.05, 3.63) is 34.9 Å². The highest BCUT2D eigenvalue weighted by atomic mass is 16.5. The molecule has 1 saturated heterocycles. The number of ether oxygens (including phenoxy) is 1. The average molecular weight is 248 g/mol. The van der Waals surface area contributed by atoms with Crippen molar-refractivity contribution in [2.75, 3.05) is 26.2 Å². The summed E-state index contributed by atoms with van der Waals surface area (Å²) < 4.78 is 5.85. The lowest BCUT2D eigenvalue weighted by Gasteiger charge is -2.35. The number of likely N-dealkylation sites (N-methyl/N-ethyl adjacent to an activating group) is 1. The van der Waals surface area contributed by atoms with Gasteiger partial charge >= 0.3 is 0 Å². The molecular weight excluding hydrogens is 224 g/mol. The van der Waals surface area contributed by atoms with E-state index in [4.69, 9.17) is 10.5 Å². The van der Waals surface area contributed by atoms with E-state index < -0.39 is 0 Å². The molecule has 0 saturated carbocycles. The van der Waals surface area contributed by atoms with E-state index in [0.29, 0.717) is 0 Å². The predicted octanol–water partition coefficient (Wildman–Crippen LogP) is 2.02. The first kappa shape index (κ1) is 13.5. The molecule has 0 bridgehead atoms. The monoisotopic (exact) mass is 248 g/mol. The first-order valence-corrected chi connectivity index (χ1v) is 6.79. The van der Waals surface area contributed by atoms with Gasteiger partial charge in [0.1, 0.15) is 0 Å². The molecule has 1 aliphatic heterocycles. The lowest BCUT2D eigenvalue weighted by Crippen LogP contribution is -2.47. The Morgan fingerprint density at radius 1 is 1.44 bits per heavy atom. The second kappa shape index (κ2) is 5.83. The zero-order valence-corrected chi connectivity index (χ0v) is 11.6. The van der Waals surface area contributed by atoms with Crippen LogP contribution >= 0.6 is 0 Å². The van der Waals surface area contributed by atoms with E-state index in [9.17, 15) is 0 Å². The smallest absolute Gasteiger partial charge is 0.0894 e. The van der Waals surface area contributed by atoms with Gasteiger partial charge in [0.05, 0.1) is 18.8 Å². The van der Waals surface area contributed by atoms with E-state index in [1.807, 2.05) is 0 Å². The summed E-state index contributed by atoms with van der Waals surface area (Å²) >= 11 is 0. The molecule has 2 atom stereocenters. The summed E-state index contributed by atoms with van der Waals surface area (Å²) in [4.78, 5) is 2.40. The fraction of sp³-hybridized carbons (Fsp3) is 0.600. The molecule has 3 heteroatoms. The van der Waals surface area contributed by atoms with Gasteiger partial charge < -0.3 is 10.5 Å². The lowest BCUT2D eigenvalue weighted by atomic mass is 9.94. The normalized spacial score (nSPS) is 23.0. The van der Waals surface area contributed by atoms with Gasteiger partial charge in [-0.1, -0.05) is 25.1 Å². The molecule has 2 rings (SSSR count). The van der Waals surface area contributed by atoms with Crippen molar-refractivity contribution in [2.24, 2.45) is 5.73 Å². The van der Waals surface area contributed by atoms with Crippen molar-refractivity contribution in [3.8, 4) is 0 Å².